The maximum Gasteiger partial charge on any atom is 0.312 e. The zero-order chi connectivity index (χ0) is 25.2. The highest BCUT2D eigenvalue weighted by molar-refractivity contribution is 6.30. The number of carboxylic acid groups (broad SMARTS) is 1. The fourth-order valence-corrected chi connectivity index (χ4v) is 5.34. The molecule has 1 saturated heterocycles. The second-order valence-corrected chi connectivity index (χ2v) is 10.0. The van der Waals surface area contributed by atoms with Gasteiger partial charge in [-0.25, -0.2) is 0 Å². The molecule has 1 amide bonds. The van der Waals surface area contributed by atoms with Gasteiger partial charge in [0.1, 0.15) is 6.42 Å². The van der Waals surface area contributed by atoms with Crippen molar-refractivity contribution in [3.8, 4) is 0 Å². The van der Waals surface area contributed by atoms with E-state index in [0.29, 0.717) is 23.1 Å². The van der Waals surface area contributed by atoms with Crippen molar-refractivity contribution in [1.29, 1.82) is 0 Å². The Morgan fingerprint density at radius 1 is 0.917 bits per heavy atom. The number of halogens is 2. The topological polar surface area (TPSA) is 86.3 Å². The van der Waals surface area contributed by atoms with E-state index in [-0.39, 0.29) is 17.7 Å². The number of carboxylic acids is 1. The van der Waals surface area contributed by atoms with Crippen LogP contribution in [0.3, 0.4) is 0 Å². The van der Waals surface area contributed by atoms with E-state index >= 15 is 0 Å². The molecule has 8 heteroatoms. The van der Waals surface area contributed by atoms with Gasteiger partial charge in [0.15, 0.2) is 0 Å². The highest BCUT2D eigenvalue weighted by Gasteiger charge is 2.27. The Morgan fingerprint density at radius 2 is 1.47 bits per heavy atom. The molecule has 1 aliphatic rings. The van der Waals surface area contributed by atoms with Crippen LogP contribution in [0.5, 0.6) is 0 Å². The van der Waals surface area contributed by atoms with Crippen molar-refractivity contribution >= 4 is 46.0 Å². The van der Waals surface area contributed by atoms with E-state index in [1.807, 2.05) is 54.6 Å². The van der Waals surface area contributed by atoms with E-state index in [1.54, 1.807) is 4.90 Å². The first-order valence-corrected chi connectivity index (χ1v) is 12.6. The molecule has 184 valence electrons. The minimum Gasteiger partial charge on any atom is -0.481 e. The molecular weight excluding hydrogens is 497 g/mol. The van der Waals surface area contributed by atoms with Gasteiger partial charge in [-0.1, -0.05) is 53.5 Å². The van der Waals surface area contributed by atoms with Crippen LogP contribution in [0.4, 0.5) is 0 Å². The van der Waals surface area contributed by atoms with E-state index in [9.17, 15) is 9.59 Å². The lowest BCUT2D eigenvalue weighted by Gasteiger charge is -2.31. The molecule has 0 atom stereocenters. The van der Waals surface area contributed by atoms with Gasteiger partial charge in [-0.05, 0) is 65.9 Å². The van der Waals surface area contributed by atoms with Crippen LogP contribution in [0.1, 0.15) is 53.5 Å². The Kier molecular flexibility index (Phi) is 6.99. The minimum absolute atomic E-state index is 0.0119. The molecule has 36 heavy (non-hydrogen) atoms. The van der Waals surface area contributed by atoms with E-state index in [4.69, 9.17) is 28.3 Å². The third-order valence-electron chi connectivity index (χ3n) is 6.91. The van der Waals surface area contributed by atoms with Gasteiger partial charge in [-0.15, -0.1) is 0 Å². The van der Waals surface area contributed by atoms with Crippen LogP contribution in [-0.2, 0) is 9.59 Å². The van der Waals surface area contributed by atoms with Crippen LogP contribution in [-0.4, -0.2) is 45.2 Å². The highest BCUT2D eigenvalue weighted by Crippen LogP contribution is 2.37. The predicted octanol–water partition coefficient (Wildman–Crippen LogP) is 6.23. The van der Waals surface area contributed by atoms with Crippen LogP contribution in [0.25, 0.3) is 10.9 Å². The number of hydrogen-bond donors (Lipinski definition) is 2. The number of hydrogen-bond acceptors (Lipinski definition) is 3. The molecule has 0 aliphatic carbocycles. The minimum atomic E-state index is -1.09. The van der Waals surface area contributed by atoms with Crippen molar-refractivity contribution in [3.05, 3.63) is 99.2 Å². The summed E-state index contributed by atoms with van der Waals surface area (Å²) in [7, 11) is 0. The zero-order valence-electron chi connectivity index (χ0n) is 19.5. The molecular formula is C28H25Cl2N3O3. The smallest absolute Gasteiger partial charge is 0.312 e. The number of likely N-dealkylation sites (tertiary alicyclic amines) is 1. The summed E-state index contributed by atoms with van der Waals surface area (Å²) in [5.74, 6) is -1.22. The van der Waals surface area contributed by atoms with Crippen molar-refractivity contribution in [1.82, 2.24) is 15.1 Å². The molecule has 1 fully saturated rings. The number of rotatable bonds is 6. The number of benzene rings is 3. The molecule has 2 heterocycles. The first-order chi connectivity index (χ1) is 17.4. The summed E-state index contributed by atoms with van der Waals surface area (Å²) >= 11 is 12.3. The number of aliphatic carboxylic acids is 1. The van der Waals surface area contributed by atoms with Crippen LogP contribution in [0.2, 0.25) is 10.0 Å². The number of H-pyrrole nitrogens is 1. The van der Waals surface area contributed by atoms with Crippen LogP contribution in [0.15, 0.2) is 66.7 Å². The van der Waals surface area contributed by atoms with Crippen LogP contribution >= 0.6 is 23.2 Å². The molecule has 2 N–H and O–H groups in total. The fraction of sp³-hybridized carbons (Fsp3) is 0.250. The quantitative estimate of drug-likeness (QED) is 0.232. The Bertz CT molecular complexity index is 1350. The van der Waals surface area contributed by atoms with Gasteiger partial charge in [-0.2, -0.15) is 5.10 Å². The van der Waals surface area contributed by atoms with E-state index in [2.05, 4.69) is 22.3 Å². The summed E-state index contributed by atoms with van der Waals surface area (Å²) in [6.45, 7) is 1.07. The lowest BCUT2D eigenvalue weighted by molar-refractivity contribution is -0.144. The number of piperidine rings is 1. The molecule has 0 spiro atoms. The Morgan fingerprint density at radius 3 is 2.03 bits per heavy atom. The first kappa shape index (κ1) is 24.3. The van der Waals surface area contributed by atoms with Crippen molar-refractivity contribution in [3.63, 3.8) is 0 Å². The molecule has 5 rings (SSSR count). The lowest BCUT2D eigenvalue weighted by atomic mass is 9.84. The number of nitrogens with zero attached hydrogens (tertiary/aromatic N) is 2. The van der Waals surface area contributed by atoms with E-state index in [1.165, 1.54) is 0 Å². The molecule has 6 nitrogen and oxygen atoms in total. The summed E-state index contributed by atoms with van der Waals surface area (Å²) < 4.78 is 0. The number of aromatic amines is 1. The summed E-state index contributed by atoms with van der Waals surface area (Å²) in [6, 6.07) is 22.1. The predicted molar refractivity (Wildman–Crippen MR) is 141 cm³/mol. The average Bonchev–Trinajstić information content (AvgIpc) is 3.30. The number of aromatic nitrogens is 2. The maximum absolute atomic E-state index is 12.2. The number of carbonyl (C=O) groups excluding carboxylic acids is 1. The van der Waals surface area contributed by atoms with Crippen molar-refractivity contribution in [2.45, 2.75) is 31.1 Å². The van der Waals surface area contributed by atoms with Gasteiger partial charge in [0, 0.05) is 46.1 Å². The average molecular weight is 522 g/mol. The zero-order valence-corrected chi connectivity index (χ0v) is 21.0. The third-order valence-corrected chi connectivity index (χ3v) is 7.41. The molecule has 4 aromatic rings. The summed E-state index contributed by atoms with van der Waals surface area (Å²) in [6.07, 6.45) is 1.05. The monoisotopic (exact) mass is 521 g/mol. The summed E-state index contributed by atoms with van der Waals surface area (Å²) in [5, 5.41) is 19.1. The highest BCUT2D eigenvalue weighted by atomic mass is 35.5. The van der Waals surface area contributed by atoms with Gasteiger partial charge >= 0.3 is 5.97 Å². The van der Waals surface area contributed by atoms with Gasteiger partial charge < -0.3 is 10.0 Å². The largest absolute Gasteiger partial charge is 0.481 e. The van der Waals surface area contributed by atoms with Gasteiger partial charge in [0.25, 0.3) is 0 Å². The molecule has 1 aliphatic heterocycles. The van der Waals surface area contributed by atoms with Gasteiger partial charge in [-0.3, -0.25) is 14.7 Å². The summed E-state index contributed by atoms with van der Waals surface area (Å²) in [4.78, 5) is 24.7. The summed E-state index contributed by atoms with van der Waals surface area (Å²) in [5.41, 5.74) is 5.32. The Hall–Kier alpha value is -3.35. The molecule has 3 aromatic carbocycles. The fourth-order valence-electron chi connectivity index (χ4n) is 5.08. The SMILES string of the molecule is O=C(O)CC(=O)N1CCC(c2[nH]nc3ccc(C(c4ccc(Cl)cc4)c4ccc(Cl)cc4)cc23)CC1. The molecule has 0 unspecified atom stereocenters. The normalized spacial score (nSPS) is 14.5. The van der Waals surface area contributed by atoms with Gasteiger partial charge in [0.2, 0.25) is 5.91 Å². The second-order valence-electron chi connectivity index (χ2n) is 9.18. The number of fused-ring (bicyclic) bond motifs is 1. The number of nitrogens with one attached hydrogen (secondary N) is 1. The van der Waals surface area contributed by atoms with Crippen molar-refractivity contribution in [2.24, 2.45) is 0 Å². The Balaban J connectivity index is 1.47. The van der Waals surface area contributed by atoms with E-state index in [0.717, 1.165) is 46.1 Å². The number of amides is 1. The second kappa shape index (κ2) is 10.3. The Labute approximate surface area is 218 Å². The maximum atomic E-state index is 12.2. The van der Waals surface area contributed by atoms with Crippen LogP contribution < -0.4 is 0 Å². The molecule has 0 saturated carbocycles. The third kappa shape index (κ3) is 5.11. The van der Waals surface area contributed by atoms with Crippen molar-refractivity contribution in [2.75, 3.05) is 13.1 Å². The lowest BCUT2D eigenvalue weighted by Crippen LogP contribution is -2.38. The number of carbonyl (C=O) groups is 2. The van der Waals surface area contributed by atoms with Crippen molar-refractivity contribution < 1.29 is 14.7 Å². The standard InChI is InChI=1S/C28H25Cl2N3O3/c29-21-6-1-17(2-7-21)27(18-3-8-22(30)9-4-18)20-5-10-24-23(15-20)28(32-31-24)19-11-13-33(14-12-19)25(34)16-26(35)36/h1-10,15,19,27H,11-14,16H2,(H,31,32)(H,35,36). The van der Waals surface area contributed by atoms with E-state index < -0.39 is 12.4 Å². The first-order valence-electron chi connectivity index (χ1n) is 11.9. The van der Waals surface area contributed by atoms with Crippen LogP contribution in [0, 0.1) is 0 Å². The molecule has 0 bridgehead atoms. The molecule has 1 aromatic heterocycles. The van der Waals surface area contributed by atoms with Gasteiger partial charge in [0.05, 0.1) is 5.52 Å². The molecule has 0 radical (unpaired) electrons.